The lowest BCUT2D eigenvalue weighted by molar-refractivity contribution is 0.284. The first-order valence-electron chi connectivity index (χ1n) is 10.6. The zero-order valence-corrected chi connectivity index (χ0v) is 19.1. The summed E-state index contributed by atoms with van der Waals surface area (Å²) in [5.41, 5.74) is 3.95. The average Bonchev–Trinajstić information content (AvgIpc) is 3.29. The number of rotatable bonds is 6. The Hall–Kier alpha value is -3.90. The van der Waals surface area contributed by atoms with E-state index in [2.05, 4.69) is 24.0 Å². The SMILES string of the molecule is COc1cc(-c2nc3sc(-c4ccccc4)cc3c(=O)[nH]2)ccc1OCc1ccc(C)cc1. The van der Waals surface area contributed by atoms with Crippen LogP contribution in [-0.2, 0) is 6.61 Å². The van der Waals surface area contributed by atoms with Crippen molar-refractivity contribution in [2.75, 3.05) is 7.11 Å². The highest BCUT2D eigenvalue weighted by Gasteiger charge is 2.13. The molecule has 5 rings (SSSR count). The Balaban J connectivity index is 1.45. The number of aromatic nitrogens is 2. The van der Waals surface area contributed by atoms with Gasteiger partial charge in [0.25, 0.3) is 5.56 Å². The summed E-state index contributed by atoms with van der Waals surface area (Å²) in [6, 6.07) is 25.7. The van der Waals surface area contributed by atoms with Gasteiger partial charge in [0, 0.05) is 10.4 Å². The number of ether oxygens (including phenoxy) is 2. The number of aryl methyl sites for hydroxylation is 1. The Kier molecular flexibility index (Phi) is 5.67. The van der Waals surface area contributed by atoms with Crippen molar-refractivity contribution in [3.63, 3.8) is 0 Å². The first-order valence-corrected chi connectivity index (χ1v) is 11.4. The summed E-state index contributed by atoms with van der Waals surface area (Å²) < 4.78 is 11.5. The highest BCUT2D eigenvalue weighted by Crippen LogP contribution is 2.34. The largest absolute Gasteiger partial charge is 0.493 e. The first kappa shape index (κ1) is 21.0. The number of hydrogen-bond acceptors (Lipinski definition) is 5. The Morgan fingerprint density at radius 1 is 0.909 bits per heavy atom. The highest BCUT2D eigenvalue weighted by atomic mass is 32.1. The molecule has 5 nitrogen and oxygen atoms in total. The maximum atomic E-state index is 12.8. The summed E-state index contributed by atoms with van der Waals surface area (Å²) in [7, 11) is 1.60. The lowest BCUT2D eigenvalue weighted by atomic mass is 10.1. The van der Waals surface area contributed by atoms with E-state index >= 15 is 0 Å². The number of hydrogen-bond donors (Lipinski definition) is 1. The molecule has 0 bridgehead atoms. The van der Waals surface area contributed by atoms with Crippen molar-refractivity contribution in [3.8, 4) is 33.3 Å². The van der Waals surface area contributed by atoms with Crippen LogP contribution in [0.5, 0.6) is 11.5 Å². The van der Waals surface area contributed by atoms with Crippen molar-refractivity contribution in [1.29, 1.82) is 0 Å². The van der Waals surface area contributed by atoms with Crippen LogP contribution >= 0.6 is 11.3 Å². The zero-order valence-electron chi connectivity index (χ0n) is 18.3. The van der Waals surface area contributed by atoms with E-state index in [1.54, 1.807) is 7.11 Å². The molecule has 0 unspecified atom stereocenters. The van der Waals surface area contributed by atoms with E-state index in [1.807, 2.05) is 66.7 Å². The molecule has 0 saturated heterocycles. The summed E-state index contributed by atoms with van der Waals surface area (Å²) >= 11 is 1.51. The summed E-state index contributed by atoms with van der Waals surface area (Å²) in [4.78, 5) is 22.1. The number of nitrogens with zero attached hydrogens (tertiary/aromatic N) is 1. The monoisotopic (exact) mass is 454 g/mol. The van der Waals surface area contributed by atoms with E-state index in [0.717, 1.165) is 21.6 Å². The Morgan fingerprint density at radius 3 is 2.45 bits per heavy atom. The maximum absolute atomic E-state index is 12.8. The molecule has 0 aliphatic carbocycles. The number of aromatic amines is 1. The van der Waals surface area contributed by atoms with Gasteiger partial charge in [0.2, 0.25) is 0 Å². The molecule has 164 valence electrons. The minimum absolute atomic E-state index is 0.160. The standard InChI is InChI=1S/C27H22N2O3S/c1-17-8-10-18(11-9-17)16-32-22-13-12-20(14-23(22)31-2)25-28-26(30)21-15-24(33-27(21)29-25)19-6-4-3-5-7-19/h3-15H,16H2,1-2H3,(H,28,29,30). The van der Waals surface area contributed by atoms with Gasteiger partial charge < -0.3 is 14.5 Å². The van der Waals surface area contributed by atoms with Gasteiger partial charge in [-0.1, -0.05) is 60.2 Å². The average molecular weight is 455 g/mol. The normalized spacial score (nSPS) is 11.0. The predicted molar refractivity (Wildman–Crippen MR) is 133 cm³/mol. The second-order valence-electron chi connectivity index (χ2n) is 7.75. The van der Waals surface area contributed by atoms with Crippen LogP contribution < -0.4 is 15.0 Å². The number of thiophene rings is 1. The van der Waals surface area contributed by atoms with E-state index in [-0.39, 0.29) is 5.56 Å². The van der Waals surface area contributed by atoms with Crippen molar-refractivity contribution in [1.82, 2.24) is 9.97 Å². The van der Waals surface area contributed by atoms with Gasteiger partial charge in [0.05, 0.1) is 12.5 Å². The molecular weight excluding hydrogens is 432 g/mol. The van der Waals surface area contributed by atoms with Crippen LogP contribution in [0.15, 0.2) is 83.7 Å². The molecule has 0 radical (unpaired) electrons. The van der Waals surface area contributed by atoms with Crippen molar-refractivity contribution >= 4 is 21.6 Å². The number of benzene rings is 3. The van der Waals surface area contributed by atoms with Gasteiger partial charge in [0.1, 0.15) is 17.3 Å². The Bertz CT molecular complexity index is 1470. The van der Waals surface area contributed by atoms with Crippen LogP contribution in [0.3, 0.4) is 0 Å². The van der Waals surface area contributed by atoms with Crippen LogP contribution in [-0.4, -0.2) is 17.1 Å². The van der Waals surface area contributed by atoms with Gasteiger partial charge in [-0.25, -0.2) is 4.98 Å². The topological polar surface area (TPSA) is 64.2 Å². The number of methoxy groups -OCH3 is 1. The Morgan fingerprint density at radius 2 is 1.70 bits per heavy atom. The van der Waals surface area contributed by atoms with E-state index < -0.39 is 0 Å². The third kappa shape index (κ3) is 4.38. The lowest BCUT2D eigenvalue weighted by Gasteiger charge is -2.12. The van der Waals surface area contributed by atoms with E-state index in [1.165, 1.54) is 16.9 Å². The molecule has 0 saturated carbocycles. The van der Waals surface area contributed by atoms with Crippen LogP contribution in [0, 0.1) is 6.92 Å². The second kappa shape index (κ2) is 8.92. The molecular formula is C27H22N2O3S. The molecule has 0 aliphatic rings. The number of fused-ring (bicyclic) bond motifs is 1. The molecule has 2 heterocycles. The van der Waals surface area contributed by atoms with Gasteiger partial charge in [-0.3, -0.25) is 4.79 Å². The molecule has 1 N–H and O–H groups in total. The molecule has 0 aliphatic heterocycles. The van der Waals surface area contributed by atoms with Crippen molar-refractivity contribution in [2.24, 2.45) is 0 Å². The van der Waals surface area contributed by atoms with Crippen molar-refractivity contribution in [3.05, 3.63) is 100 Å². The van der Waals surface area contributed by atoms with Gasteiger partial charge in [-0.05, 0) is 42.3 Å². The minimum Gasteiger partial charge on any atom is -0.493 e. The highest BCUT2D eigenvalue weighted by molar-refractivity contribution is 7.21. The fourth-order valence-electron chi connectivity index (χ4n) is 3.59. The summed E-state index contributed by atoms with van der Waals surface area (Å²) in [5, 5.41) is 0.590. The maximum Gasteiger partial charge on any atom is 0.259 e. The van der Waals surface area contributed by atoms with Crippen LogP contribution in [0.25, 0.3) is 32.0 Å². The van der Waals surface area contributed by atoms with E-state index in [9.17, 15) is 4.79 Å². The molecule has 33 heavy (non-hydrogen) atoms. The quantitative estimate of drug-likeness (QED) is 0.331. The second-order valence-corrected chi connectivity index (χ2v) is 8.78. The first-order chi connectivity index (χ1) is 16.1. The van der Waals surface area contributed by atoms with Crippen LogP contribution in [0.4, 0.5) is 0 Å². The molecule has 6 heteroatoms. The van der Waals surface area contributed by atoms with Crippen molar-refractivity contribution in [2.45, 2.75) is 13.5 Å². The smallest absolute Gasteiger partial charge is 0.259 e. The van der Waals surface area contributed by atoms with Gasteiger partial charge in [-0.15, -0.1) is 11.3 Å². The lowest BCUT2D eigenvalue weighted by Crippen LogP contribution is -2.08. The fourth-order valence-corrected chi connectivity index (χ4v) is 4.63. The third-order valence-corrected chi connectivity index (χ3v) is 6.49. The number of H-pyrrole nitrogens is 1. The molecule has 3 aromatic carbocycles. The molecule has 0 atom stereocenters. The molecule has 0 spiro atoms. The molecule has 2 aromatic heterocycles. The van der Waals surface area contributed by atoms with E-state index in [4.69, 9.17) is 14.5 Å². The van der Waals surface area contributed by atoms with Gasteiger partial charge in [-0.2, -0.15) is 0 Å². The van der Waals surface area contributed by atoms with E-state index in [0.29, 0.717) is 34.1 Å². The number of nitrogens with one attached hydrogen (secondary N) is 1. The summed E-state index contributed by atoms with van der Waals surface area (Å²) in [6.07, 6.45) is 0. The zero-order chi connectivity index (χ0) is 22.8. The third-order valence-electron chi connectivity index (χ3n) is 5.41. The molecule has 0 amide bonds. The summed E-state index contributed by atoms with van der Waals surface area (Å²) in [6.45, 7) is 2.50. The molecule has 5 aromatic rings. The summed E-state index contributed by atoms with van der Waals surface area (Å²) in [5.74, 6) is 1.71. The Labute approximate surface area is 195 Å². The van der Waals surface area contributed by atoms with Gasteiger partial charge in [0.15, 0.2) is 11.5 Å². The molecule has 0 fully saturated rings. The van der Waals surface area contributed by atoms with Crippen LogP contribution in [0.2, 0.25) is 0 Å². The van der Waals surface area contributed by atoms with Crippen molar-refractivity contribution < 1.29 is 9.47 Å². The predicted octanol–water partition coefficient (Wildman–Crippen LogP) is 6.21. The van der Waals surface area contributed by atoms with Gasteiger partial charge >= 0.3 is 0 Å². The van der Waals surface area contributed by atoms with Crippen LogP contribution in [0.1, 0.15) is 11.1 Å². The fraction of sp³-hybridized carbons (Fsp3) is 0.111. The minimum atomic E-state index is -0.160.